The van der Waals surface area contributed by atoms with Gasteiger partial charge in [0.1, 0.15) is 5.75 Å². The monoisotopic (exact) mass is 417 g/mol. The van der Waals surface area contributed by atoms with Crippen molar-refractivity contribution in [3.8, 4) is 5.75 Å². The normalized spacial score (nSPS) is 18.9. The first-order chi connectivity index (χ1) is 14.7. The van der Waals surface area contributed by atoms with Gasteiger partial charge in [-0.05, 0) is 65.9 Å². The lowest BCUT2D eigenvalue weighted by atomic mass is 9.94. The molecule has 0 bridgehead atoms. The maximum atomic E-state index is 12.9. The van der Waals surface area contributed by atoms with Crippen molar-refractivity contribution in [1.29, 1.82) is 0 Å². The number of rotatable bonds is 5. The van der Waals surface area contributed by atoms with Gasteiger partial charge in [0.15, 0.2) is 5.78 Å². The van der Waals surface area contributed by atoms with Gasteiger partial charge in [-0.15, -0.1) is 11.8 Å². The zero-order valence-corrected chi connectivity index (χ0v) is 18.2. The molecule has 1 atom stereocenters. The summed E-state index contributed by atoms with van der Waals surface area (Å²) in [6, 6.07) is 19.0. The van der Waals surface area contributed by atoms with E-state index >= 15 is 0 Å². The average molecular weight is 418 g/mol. The number of carbonyl (C=O) groups excluding carboxylic acids is 1. The van der Waals surface area contributed by atoms with Crippen molar-refractivity contribution >= 4 is 28.3 Å². The highest BCUT2D eigenvalue weighted by atomic mass is 32.2. The lowest BCUT2D eigenvalue weighted by molar-refractivity contribution is 0.0969. The maximum Gasteiger partial charge on any atom is 0.164 e. The number of nitrogens with zero attached hydrogens (tertiary/aromatic N) is 1. The Hall–Kier alpha value is -2.30. The van der Waals surface area contributed by atoms with Crippen LogP contribution < -0.4 is 4.74 Å². The fourth-order valence-corrected chi connectivity index (χ4v) is 5.55. The summed E-state index contributed by atoms with van der Waals surface area (Å²) in [5.41, 5.74) is 3.64. The lowest BCUT2D eigenvalue weighted by Gasteiger charge is -2.18. The third-order valence-electron chi connectivity index (χ3n) is 6.38. The molecule has 154 valence electrons. The molecule has 0 amide bonds. The number of ether oxygens (including phenoxy) is 1. The standard InChI is InChI=1S/C26H27NO2S/c1-18-4-2-3-5-23(18)21-8-10-27(17-21)11-9-24(28)20-7-6-19-16-26-25(15-22(19)14-20)29-12-13-30-26/h2-7,14-16,21H,8-13,17H2,1H3. The average Bonchev–Trinajstić information content (AvgIpc) is 3.24. The fraction of sp³-hybridized carbons (Fsp3) is 0.346. The Morgan fingerprint density at radius 3 is 2.93 bits per heavy atom. The fourth-order valence-electron chi connectivity index (χ4n) is 4.70. The van der Waals surface area contributed by atoms with Gasteiger partial charge < -0.3 is 9.64 Å². The molecule has 0 spiro atoms. The smallest absolute Gasteiger partial charge is 0.164 e. The summed E-state index contributed by atoms with van der Waals surface area (Å²) in [7, 11) is 0. The van der Waals surface area contributed by atoms with Crippen LogP contribution in [-0.2, 0) is 0 Å². The first-order valence-corrected chi connectivity index (χ1v) is 11.8. The highest BCUT2D eigenvalue weighted by Crippen LogP contribution is 2.37. The van der Waals surface area contributed by atoms with E-state index in [9.17, 15) is 4.79 Å². The molecule has 1 fully saturated rings. The Kier molecular flexibility index (Phi) is 5.53. The molecule has 30 heavy (non-hydrogen) atoms. The van der Waals surface area contributed by atoms with E-state index < -0.39 is 0 Å². The predicted molar refractivity (Wildman–Crippen MR) is 124 cm³/mol. The van der Waals surface area contributed by atoms with E-state index in [2.05, 4.69) is 54.3 Å². The number of aryl methyl sites for hydroxylation is 1. The number of likely N-dealkylation sites (tertiary alicyclic amines) is 1. The van der Waals surface area contributed by atoms with Gasteiger partial charge in [0.2, 0.25) is 0 Å². The molecule has 2 aliphatic heterocycles. The Morgan fingerprint density at radius 1 is 1.13 bits per heavy atom. The van der Waals surface area contributed by atoms with E-state index in [0.717, 1.165) is 48.7 Å². The van der Waals surface area contributed by atoms with Crippen LogP contribution in [0.3, 0.4) is 0 Å². The van der Waals surface area contributed by atoms with Gasteiger partial charge >= 0.3 is 0 Å². The highest BCUT2D eigenvalue weighted by molar-refractivity contribution is 7.99. The molecular formula is C26H27NO2S. The van der Waals surface area contributed by atoms with E-state index in [1.165, 1.54) is 27.8 Å². The molecule has 3 aromatic rings. The predicted octanol–water partition coefficient (Wildman–Crippen LogP) is 5.70. The molecule has 1 saturated heterocycles. The van der Waals surface area contributed by atoms with Crippen LogP contribution >= 0.6 is 11.8 Å². The van der Waals surface area contributed by atoms with Crippen LogP contribution in [0.25, 0.3) is 10.8 Å². The molecule has 5 rings (SSSR count). The van der Waals surface area contributed by atoms with Gasteiger partial charge in [0, 0.05) is 30.8 Å². The van der Waals surface area contributed by atoms with Crippen LogP contribution in [0.5, 0.6) is 5.75 Å². The molecule has 4 heteroatoms. The van der Waals surface area contributed by atoms with Gasteiger partial charge in [-0.25, -0.2) is 0 Å². The van der Waals surface area contributed by atoms with Crippen molar-refractivity contribution in [3.05, 3.63) is 71.3 Å². The Labute approximate surface area is 182 Å². The quantitative estimate of drug-likeness (QED) is 0.499. The lowest BCUT2D eigenvalue weighted by Crippen LogP contribution is -2.23. The van der Waals surface area contributed by atoms with Crippen molar-refractivity contribution in [3.63, 3.8) is 0 Å². The zero-order chi connectivity index (χ0) is 20.5. The van der Waals surface area contributed by atoms with Crippen molar-refractivity contribution in [2.75, 3.05) is 32.0 Å². The number of thioether (sulfide) groups is 1. The van der Waals surface area contributed by atoms with Crippen molar-refractivity contribution < 1.29 is 9.53 Å². The minimum atomic E-state index is 0.226. The first kappa shape index (κ1) is 19.7. The van der Waals surface area contributed by atoms with Crippen LogP contribution in [0, 0.1) is 6.92 Å². The second kappa shape index (κ2) is 8.44. The van der Waals surface area contributed by atoms with Crippen molar-refractivity contribution in [2.45, 2.75) is 30.6 Å². The number of carbonyl (C=O) groups is 1. The van der Waals surface area contributed by atoms with E-state index in [4.69, 9.17) is 4.74 Å². The number of benzene rings is 3. The minimum absolute atomic E-state index is 0.226. The number of hydrogen-bond acceptors (Lipinski definition) is 4. The Balaban J connectivity index is 1.23. The Bertz CT molecular complexity index is 1090. The summed E-state index contributed by atoms with van der Waals surface area (Å²) >= 11 is 1.84. The third-order valence-corrected chi connectivity index (χ3v) is 7.38. The molecule has 2 heterocycles. The summed E-state index contributed by atoms with van der Waals surface area (Å²) in [5, 5.41) is 2.26. The maximum absolute atomic E-state index is 12.9. The summed E-state index contributed by atoms with van der Waals surface area (Å²) < 4.78 is 5.79. The van der Waals surface area contributed by atoms with Gasteiger partial charge in [0.05, 0.1) is 11.5 Å². The molecular weight excluding hydrogens is 390 g/mol. The van der Waals surface area contributed by atoms with E-state index in [-0.39, 0.29) is 5.78 Å². The van der Waals surface area contributed by atoms with Crippen LogP contribution in [0.2, 0.25) is 0 Å². The van der Waals surface area contributed by atoms with Crippen LogP contribution in [0.1, 0.15) is 40.2 Å². The van der Waals surface area contributed by atoms with E-state index in [0.29, 0.717) is 12.3 Å². The molecule has 3 aromatic carbocycles. The van der Waals surface area contributed by atoms with Crippen molar-refractivity contribution in [2.24, 2.45) is 0 Å². The van der Waals surface area contributed by atoms with Gasteiger partial charge in [-0.2, -0.15) is 0 Å². The molecule has 0 aromatic heterocycles. The molecule has 3 nitrogen and oxygen atoms in total. The number of ketones is 1. The number of Topliss-reactive ketones (excluding diaryl/α,β-unsaturated/α-hetero) is 1. The Morgan fingerprint density at radius 2 is 2.03 bits per heavy atom. The van der Waals surface area contributed by atoms with Gasteiger partial charge in [-0.3, -0.25) is 4.79 Å². The van der Waals surface area contributed by atoms with Gasteiger partial charge in [-0.1, -0.05) is 36.4 Å². The van der Waals surface area contributed by atoms with Gasteiger partial charge in [0.25, 0.3) is 0 Å². The van der Waals surface area contributed by atoms with E-state index in [1.807, 2.05) is 23.9 Å². The minimum Gasteiger partial charge on any atom is -0.492 e. The van der Waals surface area contributed by atoms with Crippen LogP contribution in [0.15, 0.2) is 59.5 Å². The third kappa shape index (κ3) is 3.99. The second-order valence-electron chi connectivity index (χ2n) is 8.37. The van der Waals surface area contributed by atoms with Crippen LogP contribution in [-0.4, -0.2) is 42.7 Å². The van der Waals surface area contributed by atoms with E-state index in [1.54, 1.807) is 0 Å². The summed E-state index contributed by atoms with van der Waals surface area (Å²) in [6.45, 7) is 5.91. The van der Waals surface area contributed by atoms with Crippen molar-refractivity contribution in [1.82, 2.24) is 4.90 Å². The number of hydrogen-bond donors (Lipinski definition) is 0. The summed E-state index contributed by atoms with van der Waals surface area (Å²) in [5.74, 6) is 2.76. The largest absolute Gasteiger partial charge is 0.492 e. The summed E-state index contributed by atoms with van der Waals surface area (Å²) in [4.78, 5) is 16.5. The molecule has 1 unspecified atom stereocenters. The number of fused-ring (bicyclic) bond motifs is 2. The second-order valence-corrected chi connectivity index (χ2v) is 9.51. The molecule has 0 N–H and O–H groups in total. The molecule has 0 radical (unpaired) electrons. The van der Waals surface area contributed by atoms with Crippen LogP contribution in [0.4, 0.5) is 0 Å². The molecule has 2 aliphatic rings. The SMILES string of the molecule is Cc1ccccc1C1CCN(CCC(=O)c2ccc3cc4c(cc3c2)OCCS4)C1. The molecule has 0 aliphatic carbocycles. The summed E-state index contributed by atoms with van der Waals surface area (Å²) in [6.07, 6.45) is 1.75. The molecule has 0 saturated carbocycles. The topological polar surface area (TPSA) is 29.5 Å². The first-order valence-electron chi connectivity index (χ1n) is 10.8. The highest BCUT2D eigenvalue weighted by Gasteiger charge is 2.25. The zero-order valence-electron chi connectivity index (χ0n) is 17.4.